The Kier molecular flexibility index (Phi) is 8.67. The van der Waals surface area contributed by atoms with Crippen molar-refractivity contribution in [1.82, 2.24) is 5.32 Å². The van der Waals surface area contributed by atoms with Crippen molar-refractivity contribution in [3.05, 3.63) is 95.6 Å². The number of aliphatic carboxylic acids is 1. The van der Waals surface area contributed by atoms with Crippen LogP contribution in [-0.2, 0) is 16.1 Å². The van der Waals surface area contributed by atoms with Gasteiger partial charge in [0.05, 0.1) is 12.5 Å². The van der Waals surface area contributed by atoms with Gasteiger partial charge in [0.15, 0.2) is 0 Å². The first-order valence-electron chi connectivity index (χ1n) is 11.5. The fourth-order valence-corrected chi connectivity index (χ4v) is 3.40. The average Bonchev–Trinajstić information content (AvgIpc) is 2.82. The maximum atomic E-state index is 13.2. The van der Waals surface area contributed by atoms with E-state index in [-0.39, 0.29) is 18.6 Å². The van der Waals surface area contributed by atoms with E-state index < -0.39 is 29.6 Å². The Hall–Kier alpha value is -4.33. The summed E-state index contributed by atoms with van der Waals surface area (Å²) in [6.07, 6.45) is -0.967. The lowest BCUT2D eigenvalue weighted by molar-refractivity contribution is -0.137. The Morgan fingerprint density at radius 1 is 0.917 bits per heavy atom. The van der Waals surface area contributed by atoms with E-state index in [4.69, 9.17) is 9.47 Å². The summed E-state index contributed by atoms with van der Waals surface area (Å²) in [6, 6.07) is 22.2. The van der Waals surface area contributed by atoms with Gasteiger partial charge in [-0.25, -0.2) is 4.79 Å². The summed E-state index contributed by atoms with van der Waals surface area (Å²) >= 11 is 0. The molecule has 0 saturated carbocycles. The summed E-state index contributed by atoms with van der Waals surface area (Å²) in [4.78, 5) is 37.0. The number of hydrogen-bond acceptors (Lipinski definition) is 5. The molecule has 1 unspecified atom stereocenters. The monoisotopic (exact) mass is 490 g/mol. The van der Waals surface area contributed by atoms with E-state index in [0.29, 0.717) is 17.0 Å². The number of carboxylic acid groups (broad SMARTS) is 1. The number of anilines is 1. The number of benzene rings is 3. The molecule has 0 heterocycles. The molecule has 0 bridgehead atoms. The molecule has 0 aliphatic heterocycles. The largest absolute Gasteiger partial charge is 0.489 e. The van der Waals surface area contributed by atoms with Crippen LogP contribution in [0, 0.1) is 0 Å². The van der Waals surface area contributed by atoms with Crippen LogP contribution in [-0.4, -0.2) is 28.7 Å². The number of nitrogens with one attached hydrogen (secondary N) is 2. The van der Waals surface area contributed by atoms with Gasteiger partial charge in [-0.05, 0) is 44.0 Å². The van der Waals surface area contributed by atoms with Gasteiger partial charge < -0.3 is 19.9 Å². The predicted molar refractivity (Wildman–Crippen MR) is 136 cm³/mol. The highest BCUT2D eigenvalue weighted by Gasteiger charge is 2.21. The molecule has 3 aromatic rings. The summed E-state index contributed by atoms with van der Waals surface area (Å²) in [6.45, 7) is 5.49. The molecule has 0 spiro atoms. The van der Waals surface area contributed by atoms with Crippen molar-refractivity contribution in [2.45, 2.75) is 45.4 Å². The van der Waals surface area contributed by atoms with Gasteiger partial charge in [-0.1, -0.05) is 60.7 Å². The fourth-order valence-electron chi connectivity index (χ4n) is 3.40. The molecule has 3 aromatic carbocycles. The zero-order chi connectivity index (χ0) is 26.1. The SMILES string of the molecule is CC(C)(C)OC(=O)Nc1cc(OCc2ccccc2)cc(C(=O)NC(CC(=O)O)c2ccccc2)c1. The van der Waals surface area contributed by atoms with Gasteiger partial charge in [0.1, 0.15) is 18.0 Å². The van der Waals surface area contributed by atoms with E-state index in [9.17, 15) is 19.5 Å². The number of amides is 2. The predicted octanol–water partition coefficient (Wildman–Crippen LogP) is 5.56. The number of hydrogen-bond donors (Lipinski definition) is 3. The van der Waals surface area contributed by atoms with E-state index in [2.05, 4.69) is 10.6 Å². The van der Waals surface area contributed by atoms with Crippen LogP contribution in [0.5, 0.6) is 5.75 Å². The summed E-state index contributed by atoms with van der Waals surface area (Å²) in [7, 11) is 0. The third kappa shape index (κ3) is 8.47. The first-order chi connectivity index (χ1) is 17.1. The van der Waals surface area contributed by atoms with Crippen LogP contribution in [0.15, 0.2) is 78.9 Å². The Balaban J connectivity index is 1.86. The van der Waals surface area contributed by atoms with Crippen molar-refractivity contribution in [1.29, 1.82) is 0 Å². The van der Waals surface area contributed by atoms with Crippen LogP contribution >= 0.6 is 0 Å². The van der Waals surface area contributed by atoms with Crippen molar-refractivity contribution in [3.63, 3.8) is 0 Å². The van der Waals surface area contributed by atoms with E-state index in [1.54, 1.807) is 57.2 Å². The molecular formula is C28H30N2O6. The Labute approximate surface area is 210 Å². The number of ether oxygens (including phenoxy) is 2. The van der Waals surface area contributed by atoms with Crippen molar-refractivity contribution in [2.75, 3.05) is 5.32 Å². The van der Waals surface area contributed by atoms with Crippen LogP contribution in [0.3, 0.4) is 0 Å². The molecule has 0 radical (unpaired) electrons. The molecule has 3 rings (SSSR count). The molecule has 0 aliphatic rings. The number of carbonyl (C=O) groups is 3. The van der Waals surface area contributed by atoms with Gasteiger partial charge in [-0.15, -0.1) is 0 Å². The zero-order valence-electron chi connectivity index (χ0n) is 20.5. The van der Waals surface area contributed by atoms with Gasteiger partial charge in [0.2, 0.25) is 0 Å². The summed E-state index contributed by atoms with van der Waals surface area (Å²) in [5, 5.41) is 14.8. The Morgan fingerprint density at radius 2 is 1.56 bits per heavy atom. The maximum absolute atomic E-state index is 13.2. The van der Waals surface area contributed by atoms with Crippen molar-refractivity contribution in [3.8, 4) is 5.75 Å². The molecule has 8 nitrogen and oxygen atoms in total. The number of carboxylic acids is 1. The second kappa shape index (κ2) is 11.9. The third-order valence-electron chi connectivity index (χ3n) is 4.95. The molecule has 0 aliphatic carbocycles. The second-order valence-electron chi connectivity index (χ2n) is 9.18. The van der Waals surface area contributed by atoms with E-state index >= 15 is 0 Å². The lowest BCUT2D eigenvalue weighted by Gasteiger charge is -2.20. The minimum absolute atomic E-state index is 0.193. The molecule has 2 amide bonds. The molecule has 0 fully saturated rings. The van der Waals surface area contributed by atoms with Crippen molar-refractivity contribution >= 4 is 23.7 Å². The van der Waals surface area contributed by atoms with Gasteiger partial charge in [0.25, 0.3) is 5.91 Å². The van der Waals surface area contributed by atoms with Gasteiger partial charge >= 0.3 is 12.1 Å². The summed E-state index contributed by atoms with van der Waals surface area (Å²) < 4.78 is 11.2. The van der Waals surface area contributed by atoms with E-state index in [1.807, 2.05) is 36.4 Å². The maximum Gasteiger partial charge on any atom is 0.412 e. The highest BCUT2D eigenvalue weighted by atomic mass is 16.6. The molecule has 0 saturated heterocycles. The molecule has 8 heteroatoms. The second-order valence-corrected chi connectivity index (χ2v) is 9.18. The average molecular weight is 491 g/mol. The standard InChI is InChI=1S/C28H30N2O6/c1-28(2,3)36-27(34)29-22-14-21(15-23(16-22)35-18-19-10-6-4-7-11-19)26(33)30-24(17-25(31)32)20-12-8-5-9-13-20/h4-16,24H,17-18H2,1-3H3,(H,29,34)(H,30,33)(H,31,32). The third-order valence-corrected chi connectivity index (χ3v) is 4.95. The molecule has 0 aromatic heterocycles. The first kappa shape index (κ1) is 26.3. The minimum atomic E-state index is -1.05. The Bertz CT molecular complexity index is 1190. The van der Waals surface area contributed by atoms with Crippen LogP contribution in [0.25, 0.3) is 0 Å². The van der Waals surface area contributed by atoms with Gasteiger partial charge in [-0.2, -0.15) is 0 Å². The fraction of sp³-hybridized carbons (Fsp3) is 0.250. The summed E-state index contributed by atoms with van der Waals surface area (Å²) in [5.41, 5.74) is 1.38. The lowest BCUT2D eigenvalue weighted by Crippen LogP contribution is -2.30. The van der Waals surface area contributed by atoms with Crippen LogP contribution < -0.4 is 15.4 Å². The smallest absolute Gasteiger partial charge is 0.412 e. The normalized spacial score (nSPS) is 11.8. The van der Waals surface area contributed by atoms with Crippen LogP contribution in [0.4, 0.5) is 10.5 Å². The number of rotatable bonds is 9. The lowest BCUT2D eigenvalue weighted by atomic mass is 10.0. The molecular weight excluding hydrogens is 460 g/mol. The molecule has 188 valence electrons. The van der Waals surface area contributed by atoms with Crippen LogP contribution in [0.1, 0.15) is 54.7 Å². The number of carbonyl (C=O) groups excluding carboxylic acids is 2. The highest BCUT2D eigenvalue weighted by molar-refractivity contribution is 5.97. The van der Waals surface area contributed by atoms with Crippen molar-refractivity contribution in [2.24, 2.45) is 0 Å². The minimum Gasteiger partial charge on any atom is -0.489 e. The van der Waals surface area contributed by atoms with E-state index in [0.717, 1.165) is 5.56 Å². The van der Waals surface area contributed by atoms with E-state index in [1.165, 1.54) is 6.07 Å². The molecule has 1 atom stereocenters. The van der Waals surface area contributed by atoms with Crippen LogP contribution in [0.2, 0.25) is 0 Å². The van der Waals surface area contributed by atoms with Crippen molar-refractivity contribution < 1.29 is 29.0 Å². The Morgan fingerprint density at radius 3 is 2.17 bits per heavy atom. The van der Waals surface area contributed by atoms with Gasteiger partial charge in [-0.3, -0.25) is 14.9 Å². The summed E-state index contributed by atoms with van der Waals surface area (Å²) in [5.74, 6) is -1.20. The van der Waals surface area contributed by atoms with Gasteiger partial charge in [0, 0.05) is 17.3 Å². The highest BCUT2D eigenvalue weighted by Crippen LogP contribution is 2.25. The molecule has 36 heavy (non-hydrogen) atoms. The quantitative estimate of drug-likeness (QED) is 0.362. The zero-order valence-corrected chi connectivity index (χ0v) is 20.5. The topological polar surface area (TPSA) is 114 Å². The molecule has 3 N–H and O–H groups in total. The first-order valence-corrected chi connectivity index (χ1v) is 11.5.